The van der Waals surface area contributed by atoms with Gasteiger partial charge in [0.2, 0.25) is 5.91 Å². The van der Waals surface area contributed by atoms with Gasteiger partial charge in [0.1, 0.15) is 6.04 Å². The normalized spacial score (nSPS) is 35.9. The van der Waals surface area contributed by atoms with E-state index in [0.717, 1.165) is 32.8 Å². The van der Waals surface area contributed by atoms with E-state index in [0.29, 0.717) is 30.7 Å². The summed E-state index contributed by atoms with van der Waals surface area (Å²) in [5, 5.41) is 1.99. The van der Waals surface area contributed by atoms with E-state index in [2.05, 4.69) is 4.74 Å². The van der Waals surface area contributed by atoms with Crippen LogP contribution in [-0.2, 0) is 23.9 Å². The minimum atomic E-state index is -1.14. The highest BCUT2D eigenvalue weighted by Crippen LogP contribution is 2.60. The first-order chi connectivity index (χ1) is 13.8. The zero-order valence-corrected chi connectivity index (χ0v) is 17.1. The van der Waals surface area contributed by atoms with E-state index in [-0.39, 0.29) is 11.3 Å². The van der Waals surface area contributed by atoms with Gasteiger partial charge in [0, 0.05) is 6.54 Å². The van der Waals surface area contributed by atoms with Gasteiger partial charge < -0.3 is 14.4 Å². The lowest BCUT2D eigenvalue weighted by atomic mass is 9.49. The van der Waals surface area contributed by atoms with Crippen molar-refractivity contribution in [3.8, 4) is 0 Å². The Morgan fingerprint density at radius 1 is 1.03 bits per heavy atom. The number of likely N-dealkylation sites (tertiary alicyclic amines) is 1. The monoisotopic (exact) mass is 406 g/mol. The molecular formula is C21H30N2O6. The van der Waals surface area contributed by atoms with Crippen LogP contribution in [0.3, 0.4) is 0 Å². The van der Waals surface area contributed by atoms with Crippen molar-refractivity contribution < 1.29 is 28.7 Å². The summed E-state index contributed by atoms with van der Waals surface area (Å²) in [6, 6.07) is -0.649. The van der Waals surface area contributed by atoms with Crippen LogP contribution < -0.4 is 5.32 Å². The fourth-order valence-electron chi connectivity index (χ4n) is 6.49. The molecule has 0 spiro atoms. The van der Waals surface area contributed by atoms with E-state index < -0.39 is 30.1 Å². The lowest BCUT2D eigenvalue weighted by molar-refractivity contribution is -0.168. The second-order valence-electron chi connectivity index (χ2n) is 9.41. The second-order valence-corrected chi connectivity index (χ2v) is 9.41. The highest BCUT2D eigenvalue weighted by Gasteiger charge is 2.57. The molecular weight excluding hydrogens is 376 g/mol. The maximum absolute atomic E-state index is 13.6. The molecule has 4 aliphatic carbocycles. The van der Waals surface area contributed by atoms with E-state index in [4.69, 9.17) is 4.74 Å². The van der Waals surface area contributed by atoms with E-state index in [9.17, 15) is 19.2 Å². The number of methoxy groups -OCH3 is 1. The molecule has 4 saturated carbocycles. The summed E-state index contributed by atoms with van der Waals surface area (Å²) in [7, 11) is 1.14. The molecule has 3 amide bonds. The molecule has 29 heavy (non-hydrogen) atoms. The lowest BCUT2D eigenvalue weighted by Gasteiger charge is -2.56. The third kappa shape index (κ3) is 3.73. The molecule has 8 heteroatoms. The van der Waals surface area contributed by atoms with Gasteiger partial charge in [-0.05, 0) is 76.0 Å². The van der Waals surface area contributed by atoms with Gasteiger partial charge in [-0.2, -0.15) is 0 Å². The van der Waals surface area contributed by atoms with Crippen molar-refractivity contribution in [1.82, 2.24) is 10.2 Å². The number of carbonyl (C=O) groups excluding carboxylic acids is 4. The average Bonchev–Trinajstić information content (AvgIpc) is 3.15. The van der Waals surface area contributed by atoms with Crippen LogP contribution in [0.2, 0.25) is 0 Å². The minimum Gasteiger partial charge on any atom is -0.453 e. The van der Waals surface area contributed by atoms with E-state index in [1.54, 1.807) is 4.90 Å². The van der Waals surface area contributed by atoms with Gasteiger partial charge in [-0.25, -0.2) is 9.59 Å². The van der Waals surface area contributed by atoms with E-state index >= 15 is 0 Å². The van der Waals surface area contributed by atoms with Crippen LogP contribution in [0.4, 0.5) is 4.79 Å². The summed E-state index contributed by atoms with van der Waals surface area (Å²) in [6.07, 6.45) is 5.87. The summed E-state index contributed by atoms with van der Waals surface area (Å²) >= 11 is 0. The second kappa shape index (κ2) is 7.61. The maximum Gasteiger partial charge on any atom is 0.413 e. The Morgan fingerprint density at radius 2 is 1.62 bits per heavy atom. The molecule has 160 valence electrons. The van der Waals surface area contributed by atoms with Crippen molar-refractivity contribution >= 4 is 23.9 Å². The Labute approximate surface area is 170 Å². The lowest BCUT2D eigenvalue weighted by Crippen LogP contribution is -2.56. The molecule has 1 heterocycles. The molecule has 1 saturated heterocycles. The smallest absolute Gasteiger partial charge is 0.413 e. The Bertz CT molecular complexity index is 685. The molecule has 5 fully saturated rings. The van der Waals surface area contributed by atoms with Gasteiger partial charge in [0.25, 0.3) is 5.91 Å². The van der Waals surface area contributed by atoms with Crippen molar-refractivity contribution in [3.63, 3.8) is 0 Å². The average molecular weight is 406 g/mol. The van der Waals surface area contributed by atoms with Crippen molar-refractivity contribution in [2.75, 3.05) is 13.7 Å². The molecule has 4 bridgehead atoms. The molecule has 1 N–H and O–H groups in total. The number of rotatable bonds is 4. The van der Waals surface area contributed by atoms with Gasteiger partial charge in [-0.1, -0.05) is 0 Å². The summed E-state index contributed by atoms with van der Waals surface area (Å²) in [5.41, 5.74) is -0.300. The minimum absolute atomic E-state index is 0.114. The van der Waals surface area contributed by atoms with Crippen LogP contribution in [0.5, 0.6) is 0 Å². The van der Waals surface area contributed by atoms with Crippen LogP contribution in [0, 0.1) is 23.2 Å². The number of nitrogens with one attached hydrogen (secondary N) is 1. The predicted octanol–water partition coefficient (Wildman–Crippen LogP) is 2.01. The molecule has 5 aliphatic rings. The van der Waals surface area contributed by atoms with Crippen LogP contribution in [0.15, 0.2) is 0 Å². The number of esters is 1. The number of hydrogen-bond acceptors (Lipinski definition) is 6. The number of hydrogen-bond donors (Lipinski definition) is 1. The third-order valence-corrected chi connectivity index (χ3v) is 7.35. The van der Waals surface area contributed by atoms with Crippen LogP contribution in [0.25, 0.3) is 0 Å². The standard InChI is InChI=1S/C21H30N2O6/c1-12(17(24)22-20(27)28-2)29-18(25)16-4-3-5-23(16)19(26)21-9-13-6-14(10-21)8-15(7-13)11-21/h12-16H,3-11H2,1-2H3,(H,22,24,27)/t12-,13?,14?,15?,16+,21?/m0/s1. The van der Waals surface area contributed by atoms with Gasteiger partial charge in [0.05, 0.1) is 12.5 Å². The fraction of sp³-hybridized carbons (Fsp3) is 0.810. The number of ether oxygens (including phenoxy) is 2. The number of carbonyl (C=O) groups is 4. The fourth-order valence-corrected chi connectivity index (χ4v) is 6.49. The molecule has 0 unspecified atom stereocenters. The van der Waals surface area contributed by atoms with Gasteiger partial charge in [-0.15, -0.1) is 0 Å². The third-order valence-electron chi connectivity index (χ3n) is 7.35. The Hall–Kier alpha value is -2.12. The van der Waals surface area contributed by atoms with Gasteiger partial charge in [0.15, 0.2) is 6.10 Å². The van der Waals surface area contributed by atoms with Crippen molar-refractivity contribution in [2.24, 2.45) is 23.2 Å². The Balaban J connectivity index is 1.41. The maximum atomic E-state index is 13.6. The number of amides is 3. The molecule has 0 aromatic heterocycles. The summed E-state index contributed by atoms with van der Waals surface area (Å²) in [6.45, 7) is 1.96. The van der Waals surface area contributed by atoms with Crippen molar-refractivity contribution in [2.45, 2.75) is 70.4 Å². The first-order valence-electron chi connectivity index (χ1n) is 10.7. The summed E-state index contributed by atoms with van der Waals surface area (Å²) < 4.78 is 9.67. The highest BCUT2D eigenvalue weighted by atomic mass is 16.6. The number of nitrogens with zero attached hydrogens (tertiary/aromatic N) is 1. The van der Waals surface area contributed by atoms with Crippen LogP contribution in [0.1, 0.15) is 58.3 Å². The first kappa shape index (κ1) is 20.2. The zero-order chi connectivity index (χ0) is 20.8. The molecule has 0 aromatic rings. The zero-order valence-electron chi connectivity index (χ0n) is 17.1. The Kier molecular flexibility index (Phi) is 5.29. The topological polar surface area (TPSA) is 102 Å². The molecule has 5 rings (SSSR count). The van der Waals surface area contributed by atoms with Crippen molar-refractivity contribution in [3.05, 3.63) is 0 Å². The summed E-state index contributed by atoms with van der Waals surface area (Å²) in [4.78, 5) is 51.2. The summed E-state index contributed by atoms with van der Waals surface area (Å²) in [5.74, 6) is 0.749. The quantitative estimate of drug-likeness (QED) is 0.717. The molecule has 1 aliphatic heterocycles. The molecule has 8 nitrogen and oxygen atoms in total. The predicted molar refractivity (Wildman–Crippen MR) is 101 cm³/mol. The number of imide groups is 1. The van der Waals surface area contributed by atoms with E-state index in [1.165, 1.54) is 26.2 Å². The van der Waals surface area contributed by atoms with Gasteiger partial charge in [-0.3, -0.25) is 14.9 Å². The molecule has 0 radical (unpaired) electrons. The largest absolute Gasteiger partial charge is 0.453 e. The first-order valence-corrected chi connectivity index (χ1v) is 10.7. The molecule has 0 aromatic carbocycles. The number of alkyl carbamates (subject to hydrolysis) is 1. The van der Waals surface area contributed by atoms with Crippen LogP contribution >= 0.6 is 0 Å². The Morgan fingerprint density at radius 3 is 2.17 bits per heavy atom. The SMILES string of the molecule is COC(=O)NC(=O)[C@H](C)OC(=O)[C@H]1CCCN1C(=O)C12CC3CC(CC(C3)C1)C2. The molecule has 2 atom stereocenters. The van der Waals surface area contributed by atoms with Crippen molar-refractivity contribution in [1.29, 1.82) is 0 Å². The highest BCUT2D eigenvalue weighted by molar-refractivity contribution is 5.95. The van der Waals surface area contributed by atoms with E-state index in [1.807, 2.05) is 5.32 Å². The van der Waals surface area contributed by atoms with Crippen LogP contribution in [-0.4, -0.2) is 54.6 Å². The van der Waals surface area contributed by atoms with Gasteiger partial charge >= 0.3 is 12.1 Å².